The number of benzene rings is 3. The lowest BCUT2D eigenvalue weighted by molar-refractivity contribution is -0.116. The lowest BCUT2D eigenvalue weighted by atomic mass is 10.3. The lowest BCUT2D eigenvalue weighted by Crippen LogP contribution is -2.27. The first-order valence-corrected chi connectivity index (χ1v) is 12.0. The Bertz CT molecular complexity index is 1100. The van der Waals surface area contributed by atoms with E-state index in [1.165, 1.54) is 12.1 Å². The summed E-state index contributed by atoms with van der Waals surface area (Å²) in [7, 11) is -3.73. The number of hydrogen-bond donors (Lipinski definition) is 2. The summed E-state index contributed by atoms with van der Waals surface area (Å²) in [5.74, 6) is 0.882. The molecule has 9 heteroatoms. The third-order valence-corrected chi connectivity index (χ3v) is 6.49. The van der Waals surface area contributed by atoms with Crippen LogP contribution in [0.15, 0.2) is 86.6 Å². The second-order valence-corrected chi connectivity index (χ2v) is 9.83. The van der Waals surface area contributed by atoms with Gasteiger partial charge in [0.25, 0.3) is 0 Å². The molecule has 156 valence electrons. The van der Waals surface area contributed by atoms with Crippen molar-refractivity contribution >= 4 is 53.5 Å². The second kappa shape index (κ2) is 10.2. The Hall–Kier alpha value is -2.20. The van der Waals surface area contributed by atoms with E-state index >= 15 is 0 Å². The zero-order chi connectivity index (χ0) is 21.6. The Balaban J connectivity index is 1.51. The average molecular weight is 554 g/mol. The van der Waals surface area contributed by atoms with E-state index in [9.17, 15) is 13.2 Å². The number of rotatable bonds is 8. The number of nitrogens with one attached hydrogen (secondary N) is 2. The topological polar surface area (TPSA) is 84.5 Å². The molecule has 0 saturated heterocycles. The Morgan fingerprint density at radius 2 is 1.30 bits per heavy atom. The van der Waals surface area contributed by atoms with Crippen LogP contribution < -0.4 is 14.8 Å². The van der Waals surface area contributed by atoms with Crippen molar-refractivity contribution in [2.75, 3.05) is 11.9 Å². The summed E-state index contributed by atoms with van der Waals surface area (Å²) < 4.78 is 34.8. The minimum atomic E-state index is -3.73. The zero-order valence-electron chi connectivity index (χ0n) is 15.6. The van der Waals surface area contributed by atoms with Crippen LogP contribution in [0.25, 0.3) is 0 Å². The molecule has 0 radical (unpaired) electrons. The van der Waals surface area contributed by atoms with Crippen molar-refractivity contribution < 1.29 is 17.9 Å². The second-order valence-electron chi connectivity index (χ2n) is 6.23. The van der Waals surface area contributed by atoms with Crippen molar-refractivity contribution in [2.24, 2.45) is 0 Å². The molecule has 3 rings (SSSR count). The van der Waals surface area contributed by atoms with Crippen LogP contribution >= 0.6 is 31.9 Å². The van der Waals surface area contributed by atoms with Crippen molar-refractivity contribution in [3.8, 4) is 11.5 Å². The van der Waals surface area contributed by atoms with Crippen LogP contribution in [0.2, 0.25) is 0 Å². The van der Waals surface area contributed by atoms with Crippen molar-refractivity contribution in [3.05, 3.63) is 81.7 Å². The standard InChI is InChI=1S/C21H18Br2N2O4S/c22-15-1-5-17(6-2-15)25-21(26)13-14-24-30(27,28)20-11-9-19(10-12-20)29-18-7-3-16(23)4-8-18/h1-12,24H,13-14H2,(H,25,26). The monoisotopic (exact) mass is 552 g/mol. The third-order valence-electron chi connectivity index (χ3n) is 3.96. The first kappa shape index (κ1) is 22.5. The summed E-state index contributed by atoms with van der Waals surface area (Å²) in [6, 6.07) is 20.5. The van der Waals surface area contributed by atoms with E-state index < -0.39 is 10.0 Å². The number of carbonyl (C=O) groups excluding carboxylic acids is 1. The van der Waals surface area contributed by atoms with E-state index in [0.29, 0.717) is 17.2 Å². The lowest BCUT2D eigenvalue weighted by Gasteiger charge is -2.09. The summed E-state index contributed by atoms with van der Waals surface area (Å²) in [6.07, 6.45) is 0.0139. The highest BCUT2D eigenvalue weighted by molar-refractivity contribution is 9.10. The van der Waals surface area contributed by atoms with Gasteiger partial charge in [-0.1, -0.05) is 31.9 Å². The molecule has 0 bridgehead atoms. The summed E-state index contributed by atoms with van der Waals surface area (Å²) in [4.78, 5) is 12.1. The van der Waals surface area contributed by atoms with Gasteiger partial charge >= 0.3 is 0 Å². The van der Waals surface area contributed by atoms with E-state index in [0.717, 1.165) is 8.95 Å². The van der Waals surface area contributed by atoms with Crippen LogP contribution in [0.5, 0.6) is 11.5 Å². The maximum absolute atomic E-state index is 12.4. The molecule has 0 aromatic heterocycles. The van der Waals surface area contributed by atoms with Crippen molar-refractivity contribution in [1.82, 2.24) is 4.72 Å². The summed E-state index contributed by atoms with van der Waals surface area (Å²) in [6.45, 7) is -0.0121. The molecule has 30 heavy (non-hydrogen) atoms. The molecule has 2 N–H and O–H groups in total. The summed E-state index contributed by atoms with van der Waals surface area (Å²) in [5, 5.41) is 2.72. The minimum absolute atomic E-state index is 0.0121. The molecular formula is C21H18Br2N2O4S. The van der Waals surface area contributed by atoms with Crippen LogP contribution in [0.4, 0.5) is 5.69 Å². The number of hydrogen-bond acceptors (Lipinski definition) is 4. The Kier molecular flexibility index (Phi) is 7.65. The van der Waals surface area contributed by atoms with E-state index in [1.807, 2.05) is 24.3 Å². The molecule has 0 aliphatic heterocycles. The molecule has 3 aromatic rings. The fraction of sp³-hybridized carbons (Fsp3) is 0.0952. The summed E-state index contributed by atoms with van der Waals surface area (Å²) >= 11 is 6.68. The van der Waals surface area contributed by atoms with Crippen LogP contribution in [-0.2, 0) is 14.8 Å². The number of sulfonamides is 1. The Labute approximate surface area is 192 Å². The highest BCUT2D eigenvalue weighted by Gasteiger charge is 2.14. The molecule has 1 amide bonds. The largest absolute Gasteiger partial charge is 0.457 e. The molecule has 0 aliphatic rings. The Morgan fingerprint density at radius 3 is 1.87 bits per heavy atom. The molecule has 0 heterocycles. The predicted octanol–water partition coefficient (Wildman–Crippen LogP) is 5.31. The predicted molar refractivity (Wildman–Crippen MR) is 123 cm³/mol. The number of amides is 1. The fourth-order valence-electron chi connectivity index (χ4n) is 2.46. The first-order chi connectivity index (χ1) is 14.3. The molecule has 0 aliphatic carbocycles. The smallest absolute Gasteiger partial charge is 0.240 e. The van der Waals surface area contributed by atoms with Gasteiger partial charge in [0.15, 0.2) is 0 Å². The van der Waals surface area contributed by atoms with Gasteiger partial charge < -0.3 is 10.1 Å². The molecule has 0 fully saturated rings. The zero-order valence-corrected chi connectivity index (χ0v) is 19.6. The normalized spacial score (nSPS) is 11.1. The van der Waals surface area contributed by atoms with Crippen LogP contribution in [-0.4, -0.2) is 20.9 Å². The fourth-order valence-corrected chi connectivity index (χ4v) is 4.03. The van der Waals surface area contributed by atoms with Crippen LogP contribution in [0.1, 0.15) is 6.42 Å². The molecule has 0 atom stereocenters. The van der Waals surface area contributed by atoms with Gasteiger partial charge in [-0.25, -0.2) is 13.1 Å². The molecule has 0 unspecified atom stereocenters. The first-order valence-electron chi connectivity index (χ1n) is 8.90. The number of carbonyl (C=O) groups is 1. The average Bonchev–Trinajstić information content (AvgIpc) is 2.72. The number of halogens is 2. The minimum Gasteiger partial charge on any atom is -0.457 e. The van der Waals surface area contributed by atoms with Crippen molar-refractivity contribution in [1.29, 1.82) is 0 Å². The quantitative estimate of drug-likeness (QED) is 0.396. The third kappa shape index (κ3) is 6.66. The van der Waals surface area contributed by atoms with Gasteiger partial charge in [0.2, 0.25) is 15.9 Å². The van der Waals surface area contributed by atoms with E-state index in [2.05, 4.69) is 41.9 Å². The SMILES string of the molecule is O=C(CCNS(=O)(=O)c1ccc(Oc2ccc(Br)cc2)cc1)Nc1ccc(Br)cc1. The number of anilines is 1. The van der Waals surface area contributed by atoms with Gasteiger partial charge in [0.1, 0.15) is 11.5 Å². The maximum Gasteiger partial charge on any atom is 0.240 e. The summed E-state index contributed by atoms with van der Waals surface area (Å²) in [5.41, 5.74) is 0.646. The molecule has 0 spiro atoms. The van der Waals surface area contributed by atoms with Gasteiger partial charge in [-0.15, -0.1) is 0 Å². The molecule has 0 saturated carbocycles. The highest BCUT2D eigenvalue weighted by Crippen LogP contribution is 2.24. The highest BCUT2D eigenvalue weighted by atomic mass is 79.9. The van der Waals surface area contributed by atoms with E-state index in [1.54, 1.807) is 36.4 Å². The molecular weight excluding hydrogens is 536 g/mol. The number of ether oxygens (including phenoxy) is 1. The Morgan fingerprint density at radius 1 is 0.800 bits per heavy atom. The van der Waals surface area contributed by atoms with Gasteiger partial charge in [-0.05, 0) is 72.8 Å². The van der Waals surface area contributed by atoms with Crippen molar-refractivity contribution in [2.45, 2.75) is 11.3 Å². The van der Waals surface area contributed by atoms with Gasteiger partial charge in [-0.3, -0.25) is 4.79 Å². The molecule has 6 nitrogen and oxygen atoms in total. The van der Waals surface area contributed by atoms with E-state index in [4.69, 9.17) is 4.74 Å². The van der Waals surface area contributed by atoms with Crippen molar-refractivity contribution in [3.63, 3.8) is 0 Å². The maximum atomic E-state index is 12.4. The van der Waals surface area contributed by atoms with E-state index in [-0.39, 0.29) is 23.8 Å². The van der Waals surface area contributed by atoms with Crippen LogP contribution in [0.3, 0.4) is 0 Å². The van der Waals surface area contributed by atoms with Gasteiger partial charge in [0.05, 0.1) is 4.90 Å². The molecule has 3 aromatic carbocycles. The van der Waals surface area contributed by atoms with Crippen LogP contribution in [0, 0.1) is 0 Å². The van der Waals surface area contributed by atoms with Gasteiger partial charge in [0, 0.05) is 27.6 Å². The van der Waals surface area contributed by atoms with Gasteiger partial charge in [-0.2, -0.15) is 0 Å².